The van der Waals surface area contributed by atoms with Crippen LogP contribution in [0.3, 0.4) is 0 Å². The van der Waals surface area contributed by atoms with Crippen molar-refractivity contribution in [2.45, 2.75) is 56.9 Å². The Morgan fingerprint density at radius 2 is 0.952 bits per heavy atom. The van der Waals surface area contributed by atoms with Gasteiger partial charge in [-0.15, -0.1) is 0 Å². The van der Waals surface area contributed by atoms with Gasteiger partial charge >= 0.3 is 0 Å². The molecule has 0 aromatic heterocycles. The van der Waals surface area contributed by atoms with Crippen molar-refractivity contribution in [1.82, 2.24) is 0 Å². The Morgan fingerprint density at radius 1 is 0.548 bits per heavy atom. The van der Waals surface area contributed by atoms with Gasteiger partial charge in [0.25, 0.3) is 0 Å². The van der Waals surface area contributed by atoms with Crippen LogP contribution in [-0.4, -0.2) is 48.5 Å². The van der Waals surface area contributed by atoms with E-state index in [0.29, 0.717) is 26.4 Å². The lowest BCUT2D eigenvalue weighted by atomic mass is 9.94. The fourth-order valence-corrected chi connectivity index (χ4v) is 5.01. The average Bonchev–Trinajstić information content (AvgIpc) is 3.05. The molecule has 0 unspecified atom stereocenters. The summed E-state index contributed by atoms with van der Waals surface area (Å²) in [6.07, 6.45) is -1.56. The van der Waals surface area contributed by atoms with E-state index in [-0.39, 0.29) is 6.61 Å². The molecule has 0 aliphatic carbocycles. The lowest BCUT2D eigenvalue weighted by Gasteiger charge is -2.45. The third kappa shape index (κ3) is 8.58. The van der Waals surface area contributed by atoms with Crippen LogP contribution in [0.2, 0.25) is 0 Å². The van der Waals surface area contributed by atoms with Gasteiger partial charge in [0.1, 0.15) is 30.5 Å². The van der Waals surface area contributed by atoms with Crippen molar-refractivity contribution in [3.8, 4) is 0 Å². The monoisotopic (exact) mass is 567 g/mol. The molecule has 0 amide bonds. The van der Waals surface area contributed by atoms with Crippen molar-refractivity contribution >= 4 is 6.21 Å². The molecule has 4 aromatic rings. The zero-order valence-corrected chi connectivity index (χ0v) is 23.5. The Bertz CT molecular complexity index is 1320. The smallest absolute Gasteiger partial charge is 0.125 e. The van der Waals surface area contributed by atoms with Crippen molar-refractivity contribution in [1.29, 1.82) is 0 Å². The highest BCUT2D eigenvalue weighted by molar-refractivity contribution is 5.63. The molecule has 1 saturated heterocycles. The van der Waals surface area contributed by atoms with Gasteiger partial charge in [-0.2, -0.15) is 0 Å². The predicted octanol–water partition coefficient (Wildman–Crippen LogP) is 6.19. The second-order valence-electron chi connectivity index (χ2n) is 10.2. The molecule has 1 N–H and O–H groups in total. The summed E-state index contributed by atoms with van der Waals surface area (Å²) < 4.78 is 32.3. The first-order chi connectivity index (χ1) is 20.8. The first-order valence-corrected chi connectivity index (χ1v) is 14.2. The van der Waals surface area contributed by atoms with Gasteiger partial charge in [0, 0.05) is 0 Å². The molecule has 0 bridgehead atoms. The van der Waals surface area contributed by atoms with Gasteiger partial charge in [-0.1, -0.05) is 126 Å². The van der Waals surface area contributed by atoms with Gasteiger partial charge in [0.15, 0.2) is 0 Å². The van der Waals surface area contributed by atoms with Crippen LogP contribution < -0.4 is 0 Å². The van der Waals surface area contributed by atoms with E-state index < -0.39 is 30.5 Å². The van der Waals surface area contributed by atoms with Crippen molar-refractivity contribution in [2.24, 2.45) is 5.16 Å². The first kappa shape index (κ1) is 29.6. The second kappa shape index (κ2) is 16.0. The van der Waals surface area contributed by atoms with E-state index in [1.165, 1.54) is 6.21 Å². The fraction of sp³-hybridized carbons (Fsp3) is 0.286. The molecule has 7 heteroatoms. The van der Waals surface area contributed by atoms with Gasteiger partial charge in [-0.05, 0) is 22.3 Å². The number of benzene rings is 4. The lowest BCUT2D eigenvalue weighted by Crippen LogP contribution is -2.61. The van der Waals surface area contributed by atoms with Gasteiger partial charge in [-0.3, -0.25) is 0 Å². The molecule has 42 heavy (non-hydrogen) atoms. The maximum Gasteiger partial charge on any atom is 0.125 e. The molecule has 1 fully saturated rings. The zero-order chi connectivity index (χ0) is 28.8. The van der Waals surface area contributed by atoms with Crippen LogP contribution in [0.1, 0.15) is 22.3 Å². The quantitative estimate of drug-likeness (QED) is 0.111. The Morgan fingerprint density at radius 3 is 1.40 bits per heavy atom. The summed E-state index contributed by atoms with van der Waals surface area (Å²) in [6, 6.07) is 39.9. The van der Waals surface area contributed by atoms with Gasteiger partial charge < -0.3 is 28.9 Å². The predicted molar refractivity (Wildman–Crippen MR) is 160 cm³/mol. The number of hydrogen-bond donors (Lipinski definition) is 1. The zero-order valence-electron chi connectivity index (χ0n) is 23.5. The van der Waals surface area contributed by atoms with Crippen LogP contribution in [0.25, 0.3) is 0 Å². The third-order valence-corrected chi connectivity index (χ3v) is 7.13. The van der Waals surface area contributed by atoms with Crippen LogP contribution in [0.4, 0.5) is 0 Å². The molecule has 218 valence electrons. The van der Waals surface area contributed by atoms with Crippen LogP contribution in [0.15, 0.2) is 126 Å². The van der Waals surface area contributed by atoms with Crippen molar-refractivity contribution in [3.05, 3.63) is 144 Å². The highest BCUT2D eigenvalue weighted by atomic mass is 16.6. The summed E-state index contributed by atoms with van der Waals surface area (Å²) in [5.74, 6) is 0. The summed E-state index contributed by atoms with van der Waals surface area (Å²) in [5, 5.41) is 12.9. The van der Waals surface area contributed by atoms with Crippen molar-refractivity contribution < 1.29 is 28.9 Å². The van der Waals surface area contributed by atoms with E-state index in [9.17, 15) is 5.21 Å². The standard InChI is InChI=1S/C35H37NO6/c37-36-21-31-33(39-23-28-15-7-2-8-16-28)35(41-25-30-19-11-4-12-20-30)34(40-24-29-17-9-3-10-18-29)32(42-31)26-38-22-27-13-5-1-6-14-27/h1-21,31-35,37H,22-26H2/t31-,32+,33-,34-,35+/m0/s1. The Balaban J connectivity index is 1.41. The van der Waals surface area contributed by atoms with Crippen molar-refractivity contribution in [3.63, 3.8) is 0 Å². The van der Waals surface area contributed by atoms with Crippen LogP contribution in [-0.2, 0) is 50.1 Å². The van der Waals surface area contributed by atoms with E-state index in [4.69, 9.17) is 23.7 Å². The first-order valence-electron chi connectivity index (χ1n) is 14.2. The molecular formula is C35H37NO6. The topological polar surface area (TPSA) is 78.7 Å². The molecule has 0 spiro atoms. The van der Waals surface area contributed by atoms with Gasteiger partial charge in [0.2, 0.25) is 0 Å². The molecule has 1 heterocycles. The summed E-state index contributed by atoms with van der Waals surface area (Å²) in [4.78, 5) is 0. The highest BCUT2D eigenvalue weighted by Gasteiger charge is 2.48. The van der Waals surface area contributed by atoms with Gasteiger partial charge in [-0.25, -0.2) is 0 Å². The normalized spacial score (nSPS) is 22.3. The molecule has 1 aliphatic rings. The fourth-order valence-electron chi connectivity index (χ4n) is 5.01. The van der Waals surface area contributed by atoms with Gasteiger partial charge in [0.05, 0.1) is 39.2 Å². The molecule has 0 saturated carbocycles. The molecule has 0 radical (unpaired) electrons. The Hall–Kier alpha value is -3.85. The Kier molecular flexibility index (Phi) is 11.3. The molecule has 5 rings (SSSR count). The van der Waals surface area contributed by atoms with E-state index in [2.05, 4.69) is 5.16 Å². The minimum atomic E-state index is -0.693. The van der Waals surface area contributed by atoms with E-state index in [1.807, 2.05) is 121 Å². The van der Waals surface area contributed by atoms with Crippen LogP contribution >= 0.6 is 0 Å². The average molecular weight is 568 g/mol. The van der Waals surface area contributed by atoms with Crippen LogP contribution in [0.5, 0.6) is 0 Å². The largest absolute Gasteiger partial charge is 0.411 e. The molecule has 5 atom stereocenters. The maximum atomic E-state index is 9.58. The second-order valence-corrected chi connectivity index (χ2v) is 10.2. The number of ether oxygens (including phenoxy) is 5. The summed E-state index contributed by atoms with van der Waals surface area (Å²) in [5.41, 5.74) is 4.12. The summed E-state index contributed by atoms with van der Waals surface area (Å²) in [7, 11) is 0. The lowest BCUT2D eigenvalue weighted by molar-refractivity contribution is -0.258. The summed E-state index contributed by atoms with van der Waals surface area (Å²) >= 11 is 0. The Labute approximate surface area is 247 Å². The van der Waals surface area contributed by atoms with E-state index in [0.717, 1.165) is 22.3 Å². The molecular weight excluding hydrogens is 530 g/mol. The number of oxime groups is 1. The number of nitrogens with zero attached hydrogens (tertiary/aromatic N) is 1. The molecule has 1 aliphatic heterocycles. The van der Waals surface area contributed by atoms with E-state index in [1.54, 1.807) is 0 Å². The van der Waals surface area contributed by atoms with Crippen molar-refractivity contribution in [2.75, 3.05) is 6.61 Å². The third-order valence-electron chi connectivity index (χ3n) is 7.13. The number of rotatable bonds is 14. The minimum absolute atomic E-state index is 0.251. The minimum Gasteiger partial charge on any atom is -0.411 e. The molecule has 7 nitrogen and oxygen atoms in total. The number of hydrogen-bond acceptors (Lipinski definition) is 7. The maximum absolute atomic E-state index is 9.58. The SMILES string of the molecule is ON=C[C@@H]1O[C@H](COCc2ccccc2)[C@H](OCc2ccccc2)[C@H](OCc2ccccc2)[C@H]1OCc1ccccc1. The van der Waals surface area contributed by atoms with E-state index >= 15 is 0 Å². The van der Waals surface area contributed by atoms with Crippen LogP contribution in [0, 0.1) is 0 Å². The molecule has 4 aromatic carbocycles. The summed E-state index contributed by atoms with van der Waals surface area (Å²) in [6.45, 7) is 1.72. The highest BCUT2D eigenvalue weighted by Crippen LogP contribution is 2.30.